The van der Waals surface area contributed by atoms with Crippen molar-refractivity contribution in [3.63, 3.8) is 0 Å². The summed E-state index contributed by atoms with van der Waals surface area (Å²) in [5.41, 5.74) is 0.349. The first-order valence-electron chi connectivity index (χ1n) is 9.97. The van der Waals surface area contributed by atoms with Gasteiger partial charge in [0.05, 0.1) is 29.2 Å². The average molecular weight is 494 g/mol. The van der Waals surface area contributed by atoms with Gasteiger partial charge in [-0.05, 0) is 60.7 Å². The third kappa shape index (κ3) is 6.02. The number of rotatable bonds is 10. The van der Waals surface area contributed by atoms with Gasteiger partial charge >= 0.3 is 0 Å². The topological polar surface area (TPSA) is 90.0 Å². The fourth-order valence-electron chi connectivity index (χ4n) is 3.12. The van der Waals surface area contributed by atoms with Crippen molar-refractivity contribution in [2.45, 2.75) is 16.2 Å². The Balaban J connectivity index is 1.78. The molecule has 0 amide bonds. The second-order valence-electron chi connectivity index (χ2n) is 7.15. The second kappa shape index (κ2) is 10.2. The highest BCUT2D eigenvalue weighted by Crippen LogP contribution is 2.32. The van der Waals surface area contributed by atoms with Crippen LogP contribution >= 0.6 is 0 Å². The molecule has 0 unspecified atom stereocenters. The molecule has 7 nitrogen and oxygen atoms in total. The molecule has 0 aliphatic carbocycles. The van der Waals surface area contributed by atoms with E-state index in [9.17, 15) is 21.2 Å². The van der Waals surface area contributed by atoms with Gasteiger partial charge in [-0.25, -0.2) is 21.2 Å². The molecule has 176 valence electrons. The van der Waals surface area contributed by atoms with Crippen molar-refractivity contribution in [1.82, 2.24) is 0 Å². The lowest BCUT2D eigenvalue weighted by Gasteiger charge is -2.26. The summed E-state index contributed by atoms with van der Waals surface area (Å²) in [4.78, 5) is 0.134. The minimum atomic E-state index is -4.01. The van der Waals surface area contributed by atoms with Crippen molar-refractivity contribution < 1.29 is 30.7 Å². The zero-order valence-electron chi connectivity index (χ0n) is 18.1. The zero-order chi connectivity index (χ0) is 24.1. The van der Waals surface area contributed by atoms with Crippen LogP contribution in [0.3, 0.4) is 0 Å². The molecule has 0 spiro atoms. The van der Waals surface area contributed by atoms with Gasteiger partial charge in [0, 0.05) is 19.2 Å². The molecule has 0 radical (unpaired) electrons. The minimum absolute atomic E-state index is 0.0490. The smallest absolute Gasteiger partial charge is 0.264 e. The van der Waals surface area contributed by atoms with Crippen LogP contribution in [0.4, 0.5) is 10.1 Å². The van der Waals surface area contributed by atoms with Crippen molar-refractivity contribution in [3.05, 3.63) is 78.6 Å². The molecule has 3 rings (SSSR count). The van der Waals surface area contributed by atoms with Gasteiger partial charge in [-0.2, -0.15) is 0 Å². The third-order valence-corrected chi connectivity index (χ3v) is 7.74. The maximum atomic E-state index is 13.4. The van der Waals surface area contributed by atoms with E-state index < -0.39 is 25.7 Å². The lowest BCUT2D eigenvalue weighted by Crippen LogP contribution is -2.33. The highest BCUT2D eigenvalue weighted by atomic mass is 32.2. The summed E-state index contributed by atoms with van der Waals surface area (Å²) in [5.74, 6) is 0.307. The van der Waals surface area contributed by atoms with Crippen LogP contribution in [0.15, 0.2) is 82.6 Å². The van der Waals surface area contributed by atoms with Gasteiger partial charge in [0.25, 0.3) is 10.0 Å². The number of hydrogen-bond acceptors (Lipinski definition) is 6. The van der Waals surface area contributed by atoms with Gasteiger partial charge in [0.1, 0.15) is 17.3 Å². The fourth-order valence-corrected chi connectivity index (χ4v) is 5.27. The average Bonchev–Trinajstić information content (AvgIpc) is 2.79. The Bertz CT molecular complexity index is 1290. The van der Waals surface area contributed by atoms with E-state index in [1.807, 2.05) is 0 Å². The predicted molar refractivity (Wildman–Crippen MR) is 124 cm³/mol. The van der Waals surface area contributed by atoms with Crippen LogP contribution in [0.2, 0.25) is 0 Å². The molecule has 0 saturated heterocycles. The fraction of sp³-hybridized carbons (Fsp3) is 0.217. The molecule has 3 aromatic carbocycles. The Morgan fingerprint density at radius 3 is 2.06 bits per heavy atom. The van der Waals surface area contributed by atoms with Crippen molar-refractivity contribution >= 4 is 25.5 Å². The quantitative estimate of drug-likeness (QED) is 0.398. The maximum Gasteiger partial charge on any atom is 0.264 e. The molecule has 0 atom stereocenters. The number of sulfone groups is 1. The summed E-state index contributed by atoms with van der Waals surface area (Å²) >= 11 is 0. The molecule has 0 heterocycles. The monoisotopic (exact) mass is 493 g/mol. The summed E-state index contributed by atoms with van der Waals surface area (Å²) < 4.78 is 75.4. The summed E-state index contributed by atoms with van der Waals surface area (Å²) in [6, 6.07) is 17.3. The highest BCUT2D eigenvalue weighted by molar-refractivity contribution is 7.92. The van der Waals surface area contributed by atoms with Crippen molar-refractivity contribution in [2.24, 2.45) is 0 Å². The lowest BCUT2D eigenvalue weighted by molar-refractivity contribution is 0.313. The predicted octanol–water partition coefficient (Wildman–Crippen LogP) is 3.90. The van der Waals surface area contributed by atoms with Gasteiger partial charge in [0.15, 0.2) is 9.84 Å². The number of methoxy groups -OCH3 is 1. The van der Waals surface area contributed by atoms with Gasteiger partial charge in [-0.15, -0.1) is 0 Å². The number of ether oxygens (including phenoxy) is 2. The van der Waals surface area contributed by atoms with Crippen molar-refractivity contribution in [2.75, 3.05) is 30.8 Å². The van der Waals surface area contributed by atoms with Crippen LogP contribution in [-0.2, 0) is 19.9 Å². The van der Waals surface area contributed by atoms with E-state index in [4.69, 9.17) is 9.47 Å². The number of nitrogens with zero attached hydrogens (tertiary/aromatic N) is 1. The maximum absolute atomic E-state index is 13.4. The molecule has 0 aliphatic heterocycles. The highest BCUT2D eigenvalue weighted by Gasteiger charge is 2.27. The number of para-hydroxylation sites is 2. The van der Waals surface area contributed by atoms with E-state index in [2.05, 4.69) is 0 Å². The first kappa shape index (κ1) is 24.5. The summed E-state index contributed by atoms with van der Waals surface area (Å²) in [5, 5.41) is 0. The van der Waals surface area contributed by atoms with Gasteiger partial charge in [-0.1, -0.05) is 12.1 Å². The Morgan fingerprint density at radius 2 is 1.45 bits per heavy atom. The van der Waals surface area contributed by atoms with E-state index in [0.717, 1.165) is 18.4 Å². The van der Waals surface area contributed by atoms with Crippen molar-refractivity contribution in [1.29, 1.82) is 0 Å². The molecule has 0 saturated carbocycles. The molecule has 0 N–H and O–H groups in total. The van der Waals surface area contributed by atoms with Crippen LogP contribution in [0.1, 0.15) is 6.42 Å². The number of benzene rings is 3. The summed E-state index contributed by atoms with van der Waals surface area (Å²) in [6.07, 6.45) is 1.45. The second-order valence-corrected chi connectivity index (χ2v) is 11.0. The van der Waals surface area contributed by atoms with E-state index in [1.54, 1.807) is 36.4 Å². The van der Waals surface area contributed by atoms with Gasteiger partial charge in [0.2, 0.25) is 0 Å². The molecule has 0 fully saturated rings. The summed E-state index contributed by atoms with van der Waals surface area (Å²) in [7, 11) is -5.86. The Hall–Kier alpha value is -3.11. The summed E-state index contributed by atoms with van der Waals surface area (Å²) in [6.45, 7) is 0.254. The van der Waals surface area contributed by atoms with E-state index in [0.29, 0.717) is 23.6 Å². The van der Waals surface area contributed by atoms with Crippen LogP contribution < -0.4 is 13.8 Å². The molecule has 0 aliphatic rings. The largest absolute Gasteiger partial charge is 0.495 e. The Labute approximate surface area is 193 Å². The van der Waals surface area contributed by atoms with E-state index in [1.165, 1.54) is 35.7 Å². The van der Waals surface area contributed by atoms with Crippen LogP contribution in [0.25, 0.3) is 0 Å². The SMILES string of the molecule is COc1ccccc1N(CCCOc1ccc(S(C)(=O)=O)cc1)S(=O)(=O)c1ccc(F)cc1. The number of halogens is 1. The number of anilines is 1. The molecule has 10 heteroatoms. The lowest BCUT2D eigenvalue weighted by atomic mass is 10.3. The Morgan fingerprint density at radius 1 is 0.848 bits per heavy atom. The molecule has 3 aromatic rings. The van der Waals surface area contributed by atoms with Gasteiger partial charge < -0.3 is 9.47 Å². The first-order chi connectivity index (χ1) is 15.6. The number of hydrogen-bond donors (Lipinski definition) is 0. The molecular formula is C23H24FNO6S2. The molecule has 33 heavy (non-hydrogen) atoms. The van der Waals surface area contributed by atoms with Crippen LogP contribution in [-0.4, -0.2) is 43.4 Å². The molecular weight excluding hydrogens is 469 g/mol. The normalized spacial score (nSPS) is 11.7. The van der Waals surface area contributed by atoms with Crippen LogP contribution in [0.5, 0.6) is 11.5 Å². The molecule has 0 aromatic heterocycles. The molecule has 0 bridgehead atoms. The Kier molecular flexibility index (Phi) is 7.60. The third-order valence-electron chi connectivity index (χ3n) is 4.78. The van der Waals surface area contributed by atoms with E-state index in [-0.39, 0.29) is 22.9 Å². The van der Waals surface area contributed by atoms with Gasteiger partial charge in [-0.3, -0.25) is 4.31 Å². The first-order valence-corrected chi connectivity index (χ1v) is 13.3. The van der Waals surface area contributed by atoms with Crippen molar-refractivity contribution in [3.8, 4) is 11.5 Å². The van der Waals surface area contributed by atoms with Crippen LogP contribution in [0, 0.1) is 5.82 Å². The van der Waals surface area contributed by atoms with E-state index >= 15 is 0 Å². The number of sulfonamides is 1. The minimum Gasteiger partial charge on any atom is -0.495 e. The standard InChI is InChI=1S/C23H24FNO6S2/c1-30-23-7-4-3-6-22(23)25(33(28,29)21-12-8-18(24)9-13-21)16-5-17-31-19-10-14-20(15-11-19)32(2,26)27/h3-4,6-15H,5,16-17H2,1-2H3. The zero-order valence-corrected chi connectivity index (χ0v) is 19.8.